The second kappa shape index (κ2) is 8.07. The summed E-state index contributed by atoms with van der Waals surface area (Å²) in [5.41, 5.74) is 2.02. The van der Waals surface area contributed by atoms with Crippen molar-refractivity contribution in [3.05, 3.63) is 35.7 Å². The van der Waals surface area contributed by atoms with Gasteiger partial charge in [0.1, 0.15) is 11.2 Å². The van der Waals surface area contributed by atoms with Crippen LogP contribution in [0.25, 0.3) is 22.7 Å². The van der Waals surface area contributed by atoms with Gasteiger partial charge in [0.15, 0.2) is 11.5 Å². The maximum atomic E-state index is 13.0. The van der Waals surface area contributed by atoms with Crippen LogP contribution in [0.1, 0.15) is 31.9 Å². The van der Waals surface area contributed by atoms with Gasteiger partial charge < -0.3 is 4.57 Å². The molecule has 0 saturated carbocycles. The number of hydrogen-bond donors (Lipinski definition) is 0. The molecule has 8 heteroatoms. The lowest BCUT2D eigenvalue weighted by atomic mass is 10.2. The maximum absolute atomic E-state index is 13.0. The molecule has 3 aromatic rings. The zero-order valence-electron chi connectivity index (χ0n) is 15.3. The molecule has 3 rings (SSSR count). The summed E-state index contributed by atoms with van der Waals surface area (Å²) in [4.78, 5) is 13.4. The van der Waals surface area contributed by atoms with Gasteiger partial charge in [-0.1, -0.05) is 20.8 Å². The number of pyridine rings is 2. The number of aromatic nitrogens is 4. The summed E-state index contributed by atoms with van der Waals surface area (Å²) >= 11 is 1.31. The van der Waals surface area contributed by atoms with Crippen LogP contribution in [0.2, 0.25) is 0 Å². The van der Waals surface area contributed by atoms with Crippen molar-refractivity contribution < 1.29 is 13.2 Å². The molecule has 0 bridgehead atoms. The maximum Gasteiger partial charge on any atom is 0.417 e. The van der Waals surface area contributed by atoms with Crippen molar-refractivity contribution in [1.29, 1.82) is 0 Å². The molecule has 140 valence electrons. The van der Waals surface area contributed by atoms with Gasteiger partial charge >= 0.3 is 6.18 Å². The van der Waals surface area contributed by atoms with E-state index in [2.05, 4.69) is 15.0 Å². The highest BCUT2D eigenvalue weighted by Gasteiger charge is 2.32. The van der Waals surface area contributed by atoms with Gasteiger partial charge in [0.2, 0.25) is 0 Å². The molecule has 0 unspecified atom stereocenters. The van der Waals surface area contributed by atoms with E-state index in [-0.39, 0.29) is 0 Å². The number of alkyl halides is 3. The van der Waals surface area contributed by atoms with Gasteiger partial charge in [-0.25, -0.2) is 9.97 Å². The summed E-state index contributed by atoms with van der Waals surface area (Å²) in [6, 6.07) is 3.02. The Morgan fingerprint density at radius 3 is 2.42 bits per heavy atom. The van der Waals surface area contributed by atoms with Crippen LogP contribution in [-0.4, -0.2) is 25.3 Å². The van der Waals surface area contributed by atoms with Crippen LogP contribution in [-0.2, 0) is 13.2 Å². The third-order valence-corrected chi connectivity index (χ3v) is 4.45. The quantitative estimate of drug-likeness (QED) is 0.562. The fourth-order valence-electron chi connectivity index (χ4n) is 2.42. The minimum atomic E-state index is -4.42. The van der Waals surface area contributed by atoms with Gasteiger partial charge in [0.25, 0.3) is 0 Å². The highest BCUT2D eigenvalue weighted by atomic mass is 32.2. The van der Waals surface area contributed by atoms with Crippen molar-refractivity contribution >= 4 is 22.9 Å². The van der Waals surface area contributed by atoms with E-state index < -0.39 is 11.7 Å². The van der Waals surface area contributed by atoms with E-state index in [1.54, 1.807) is 17.8 Å². The van der Waals surface area contributed by atoms with Crippen molar-refractivity contribution in [3.63, 3.8) is 0 Å². The number of rotatable bonds is 3. The van der Waals surface area contributed by atoms with Crippen molar-refractivity contribution in [2.45, 2.75) is 38.8 Å². The number of thioether (sulfide) groups is 1. The Hall–Kier alpha value is -2.09. The second-order valence-corrected chi connectivity index (χ2v) is 6.66. The first-order chi connectivity index (χ1) is 12.3. The average molecular weight is 382 g/mol. The van der Waals surface area contributed by atoms with E-state index in [0.29, 0.717) is 33.3 Å². The summed E-state index contributed by atoms with van der Waals surface area (Å²) < 4.78 is 40.6. The van der Waals surface area contributed by atoms with Gasteiger partial charge in [-0.2, -0.15) is 13.2 Å². The monoisotopic (exact) mass is 382 g/mol. The Morgan fingerprint density at radius 1 is 1.12 bits per heavy atom. The first kappa shape index (κ1) is 20.2. The normalized spacial score (nSPS) is 11.4. The van der Waals surface area contributed by atoms with Gasteiger partial charge in [0.05, 0.1) is 5.56 Å². The fourth-order valence-corrected chi connectivity index (χ4v) is 3.22. The Balaban J connectivity index is 0.00000117. The smallest absolute Gasteiger partial charge is 0.310 e. The molecule has 0 aliphatic rings. The van der Waals surface area contributed by atoms with Crippen molar-refractivity contribution in [1.82, 2.24) is 19.5 Å². The second-order valence-electron chi connectivity index (χ2n) is 5.35. The van der Waals surface area contributed by atoms with Crippen molar-refractivity contribution in [2.24, 2.45) is 7.05 Å². The lowest BCUT2D eigenvalue weighted by Gasteiger charge is -2.11. The Kier molecular flexibility index (Phi) is 6.28. The molecule has 0 fully saturated rings. The summed E-state index contributed by atoms with van der Waals surface area (Å²) in [5.74, 6) is 1.14. The number of hydrogen-bond acceptors (Lipinski definition) is 4. The Labute approximate surface area is 154 Å². The van der Waals surface area contributed by atoms with Crippen LogP contribution < -0.4 is 0 Å². The van der Waals surface area contributed by atoms with Crippen molar-refractivity contribution in [2.75, 3.05) is 5.75 Å². The SMILES string of the molecule is CC.CCSc1cc(C(F)(F)F)cnc1-c1nc2cc(C)cnc2n1C. The molecule has 3 heterocycles. The van der Waals surface area contributed by atoms with E-state index in [0.717, 1.165) is 17.8 Å². The van der Waals surface area contributed by atoms with Gasteiger partial charge in [-0.05, 0) is 30.4 Å². The van der Waals surface area contributed by atoms with Crippen LogP contribution >= 0.6 is 11.8 Å². The van der Waals surface area contributed by atoms with Crippen LogP contribution in [0, 0.1) is 6.92 Å². The van der Waals surface area contributed by atoms with Crippen LogP contribution in [0.3, 0.4) is 0 Å². The standard InChI is InChI=1S/C16H15F3N4S.C2H6/c1-4-24-12-6-10(16(17,18)19)8-20-13(12)15-22-11-5-9(2)7-21-14(11)23(15)3;1-2/h5-8H,4H2,1-3H3;1-2H3. The molecule has 4 nitrogen and oxygen atoms in total. The molecule has 0 aliphatic carbocycles. The van der Waals surface area contributed by atoms with Gasteiger partial charge in [0, 0.05) is 24.3 Å². The molecule has 0 N–H and O–H groups in total. The lowest BCUT2D eigenvalue weighted by Crippen LogP contribution is -2.07. The Morgan fingerprint density at radius 2 is 1.81 bits per heavy atom. The minimum absolute atomic E-state index is 0.438. The molecule has 26 heavy (non-hydrogen) atoms. The molecular formula is C18H21F3N4S. The van der Waals surface area contributed by atoms with E-state index in [9.17, 15) is 13.2 Å². The molecule has 0 amide bonds. The average Bonchev–Trinajstić information content (AvgIpc) is 2.92. The minimum Gasteiger partial charge on any atom is -0.310 e. The Bertz CT molecular complexity index is 903. The molecule has 3 aromatic heterocycles. The first-order valence-corrected chi connectivity index (χ1v) is 9.29. The molecular weight excluding hydrogens is 361 g/mol. The summed E-state index contributed by atoms with van der Waals surface area (Å²) in [6.07, 6.45) is -1.83. The number of fused-ring (bicyclic) bond motifs is 1. The zero-order valence-corrected chi connectivity index (χ0v) is 16.2. The topological polar surface area (TPSA) is 43.6 Å². The fraction of sp³-hybridized carbons (Fsp3) is 0.389. The molecule has 0 spiro atoms. The number of halogens is 3. The predicted molar refractivity (Wildman–Crippen MR) is 99.2 cm³/mol. The van der Waals surface area contributed by atoms with Crippen LogP contribution in [0.4, 0.5) is 13.2 Å². The summed E-state index contributed by atoms with van der Waals surface area (Å²) in [7, 11) is 1.78. The van der Waals surface area contributed by atoms with E-state index in [4.69, 9.17) is 0 Å². The highest BCUT2D eigenvalue weighted by molar-refractivity contribution is 7.99. The first-order valence-electron chi connectivity index (χ1n) is 8.30. The third kappa shape index (κ3) is 4.00. The van der Waals surface area contributed by atoms with E-state index >= 15 is 0 Å². The van der Waals surface area contributed by atoms with Crippen molar-refractivity contribution in [3.8, 4) is 11.5 Å². The van der Waals surface area contributed by atoms with E-state index in [1.165, 1.54) is 11.8 Å². The third-order valence-electron chi connectivity index (χ3n) is 3.54. The highest BCUT2D eigenvalue weighted by Crippen LogP contribution is 2.36. The van der Waals surface area contributed by atoms with Crippen LogP contribution in [0.15, 0.2) is 29.4 Å². The lowest BCUT2D eigenvalue weighted by molar-refractivity contribution is -0.138. The van der Waals surface area contributed by atoms with Gasteiger partial charge in [-0.15, -0.1) is 11.8 Å². The zero-order chi connectivity index (χ0) is 19.5. The summed E-state index contributed by atoms with van der Waals surface area (Å²) in [6.45, 7) is 7.80. The molecule has 0 saturated heterocycles. The predicted octanol–water partition coefficient (Wildman–Crippen LogP) is 5.50. The molecule has 0 atom stereocenters. The number of nitrogens with zero attached hydrogens (tertiary/aromatic N) is 4. The number of aryl methyl sites for hydroxylation is 2. The summed E-state index contributed by atoms with van der Waals surface area (Å²) in [5, 5.41) is 0. The molecule has 0 aromatic carbocycles. The molecule has 0 radical (unpaired) electrons. The van der Waals surface area contributed by atoms with Gasteiger partial charge in [-0.3, -0.25) is 4.98 Å². The van der Waals surface area contributed by atoms with E-state index in [1.807, 2.05) is 33.8 Å². The van der Waals surface area contributed by atoms with Crippen LogP contribution in [0.5, 0.6) is 0 Å². The number of imidazole rings is 1. The largest absolute Gasteiger partial charge is 0.417 e. The molecule has 0 aliphatic heterocycles.